The first-order valence-corrected chi connectivity index (χ1v) is 7.68. The fourth-order valence-electron chi connectivity index (χ4n) is 1.56. The summed E-state index contributed by atoms with van der Waals surface area (Å²) < 4.78 is 40.0. The number of halogens is 2. The van der Waals surface area contributed by atoms with Crippen molar-refractivity contribution in [2.24, 2.45) is 0 Å². The lowest BCUT2D eigenvalue weighted by Crippen LogP contribution is -2.21. The highest BCUT2D eigenvalue weighted by atomic mass is 32.2. The zero-order valence-electron chi connectivity index (χ0n) is 11.1. The van der Waals surface area contributed by atoms with Crippen molar-refractivity contribution < 1.29 is 17.7 Å². The van der Waals surface area contributed by atoms with Gasteiger partial charge in [0.2, 0.25) is 0 Å². The molecule has 0 bridgehead atoms. The number of rotatable bonds is 8. The van der Waals surface area contributed by atoms with Crippen LogP contribution in [0.15, 0.2) is 24.3 Å². The van der Waals surface area contributed by atoms with Gasteiger partial charge in [0.25, 0.3) is 0 Å². The van der Waals surface area contributed by atoms with Crippen LogP contribution in [0.4, 0.5) is 8.78 Å². The fourth-order valence-corrected chi connectivity index (χ4v) is 2.00. The van der Waals surface area contributed by atoms with Crippen LogP contribution in [-0.2, 0) is 17.3 Å². The number of para-hydroxylation sites is 1. The maximum atomic E-state index is 12.2. The van der Waals surface area contributed by atoms with Crippen LogP contribution in [-0.4, -0.2) is 28.9 Å². The Balaban J connectivity index is 2.42. The molecule has 6 heteroatoms. The molecule has 1 N–H and O–H groups in total. The van der Waals surface area contributed by atoms with Crippen LogP contribution in [0.5, 0.6) is 5.75 Å². The first-order chi connectivity index (χ1) is 9.00. The van der Waals surface area contributed by atoms with Crippen molar-refractivity contribution in [2.45, 2.75) is 31.8 Å². The van der Waals surface area contributed by atoms with Gasteiger partial charge < -0.3 is 10.1 Å². The van der Waals surface area contributed by atoms with Gasteiger partial charge in [-0.1, -0.05) is 25.1 Å². The summed E-state index contributed by atoms with van der Waals surface area (Å²) in [6, 6.07) is 6.70. The van der Waals surface area contributed by atoms with Gasteiger partial charge >= 0.3 is 6.61 Å². The molecule has 1 rings (SSSR count). The summed E-state index contributed by atoms with van der Waals surface area (Å²) >= 11 is 0. The molecule has 1 aromatic carbocycles. The van der Waals surface area contributed by atoms with Crippen LogP contribution in [0.2, 0.25) is 0 Å². The quantitative estimate of drug-likeness (QED) is 0.748. The monoisotopic (exact) mass is 291 g/mol. The fraction of sp³-hybridized carbons (Fsp3) is 0.538. The lowest BCUT2D eigenvalue weighted by Gasteiger charge is -2.12. The van der Waals surface area contributed by atoms with Crippen LogP contribution in [0.25, 0.3) is 0 Å². The van der Waals surface area contributed by atoms with Crippen molar-refractivity contribution in [2.75, 3.05) is 12.8 Å². The zero-order valence-corrected chi connectivity index (χ0v) is 11.9. The third-order valence-corrected chi connectivity index (χ3v) is 4.17. The maximum Gasteiger partial charge on any atom is 0.387 e. The molecule has 2 atom stereocenters. The molecule has 0 aliphatic rings. The van der Waals surface area contributed by atoms with E-state index in [1.807, 2.05) is 6.92 Å². The maximum absolute atomic E-state index is 12.2. The molecule has 0 aliphatic carbocycles. The molecule has 0 spiro atoms. The predicted molar refractivity (Wildman–Crippen MR) is 72.9 cm³/mol. The second-order valence-electron chi connectivity index (χ2n) is 4.26. The Morgan fingerprint density at radius 1 is 1.37 bits per heavy atom. The number of alkyl halides is 2. The van der Waals surface area contributed by atoms with E-state index in [1.54, 1.807) is 24.5 Å². The molecule has 19 heavy (non-hydrogen) atoms. The lowest BCUT2D eigenvalue weighted by molar-refractivity contribution is -0.0504. The second-order valence-corrected chi connectivity index (χ2v) is 6.06. The minimum atomic E-state index is -2.82. The summed E-state index contributed by atoms with van der Waals surface area (Å²) in [5, 5.41) is 3.27. The van der Waals surface area contributed by atoms with Crippen molar-refractivity contribution in [3.05, 3.63) is 29.8 Å². The molecule has 0 saturated heterocycles. The molecular weight excluding hydrogens is 272 g/mol. The highest BCUT2D eigenvalue weighted by Crippen LogP contribution is 2.19. The molecule has 108 valence electrons. The SMILES string of the molecule is CC(CCNCc1ccccc1OC(F)F)S(C)=O. The Bertz CT molecular complexity index is 415. The third-order valence-electron chi connectivity index (χ3n) is 2.80. The van der Waals surface area contributed by atoms with E-state index in [-0.39, 0.29) is 11.0 Å². The zero-order chi connectivity index (χ0) is 14.3. The van der Waals surface area contributed by atoms with Crippen LogP contribution in [0, 0.1) is 0 Å². The molecule has 0 heterocycles. The van der Waals surface area contributed by atoms with Gasteiger partial charge in [-0.25, -0.2) is 0 Å². The van der Waals surface area contributed by atoms with Crippen LogP contribution >= 0.6 is 0 Å². The smallest absolute Gasteiger partial charge is 0.387 e. The van der Waals surface area contributed by atoms with Gasteiger partial charge in [0.15, 0.2) is 0 Å². The first-order valence-electron chi connectivity index (χ1n) is 6.06. The number of benzene rings is 1. The summed E-state index contributed by atoms with van der Waals surface area (Å²) in [6.45, 7) is 0.241. The predicted octanol–water partition coefficient (Wildman–Crippen LogP) is 2.53. The van der Waals surface area contributed by atoms with E-state index in [0.717, 1.165) is 6.42 Å². The molecule has 0 aromatic heterocycles. The van der Waals surface area contributed by atoms with Gasteiger partial charge in [0.05, 0.1) is 0 Å². The Morgan fingerprint density at radius 3 is 2.68 bits per heavy atom. The van der Waals surface area contributed by atoms with Crippen molar-refractivity contribution in [3.63, 3.8) is 0 Å². The highest BCUT2D eigenvalue weighted by molar-refractivity contribution is 7.84. The molecule has 0 radical (unpaired) electrons. The largest absolute Gasteiger partial charge is 0.434 e. The van der Waals surface area contributed by atoms with Gasteiger partial charge in [-0.15, -0.1) is 0 Å². The van der Waals surface area contributed by atoms with Gasteiger partial charge in [-0.2, -0.15) is 8.78 Å². The number of ether oxygens (including phenoxy) is 1. The molecule has 0 saturated carbocycles. The van der Waals surface area contributed by atoms with E-state index in [4.69, 9.17) is 0 Å². The molecule has 2 unspecified atom stereocenters. The lowest BCUT2D eigenvalue weighted by atomic mass is 10.2. The summed E-state index contributed by atoms with van der Waals surface area (Å²) in [5.41, 5.74) is 0.688. The summed E-state index contributed by atoms with van der Waals surface area (Å²) in [4.78, 5) is 0. The van der Waals surface area contributed by atoms with E-state index < -0.39 is 17.4 Å². The van der Waals surface area contributed by atoms with E-state index in [1.165, 1.54) is 6.07 Å². The Hall–Kier alpha value is -1.01. The Labute approximate surface area is 114 Å². The van der Waals surface area contributed by atoms with Gasteiger partial charge in [-0.05, 0) is 19.0 Å². The number of hydrogen-bond donors (Lipinski definition) is 1. The van der Waals surface area contributed by atoms with Crippen molar-refractivity contribution in [1.82, 2.24) is 5.32 Å². The topological polar surface area (TPSA) is 38.3 Å². The van der Waals surface area contributed by atoms with E-state index in [0.29, 0.717) is 18.7 Å². The van der Waals surface area contributed by atoms with Crippen LogP contribution < -0.4 is 10.1 Å². The summed E-state index contributed by atoms with van der Waals surface area (Å²) in [6.07, 6.45) is 2.46. The van der Waals surface area contributed by atoms with E-state index >= 15 is 0 Å². The normalized spacial score (nSPS) is 14.4. The van der Waals surface area contributed by atoms with Crippen molar-refractivity contribution in [1.29, 1.82) is 0 Å². The Morgan fingerprint density at radius 2 is 2.05 bits per heavy atom. The molecule has 0 amide bonds. The van der Waals surface area contributed by atoms with E-state index in [2.05, 4.69) is 10.1 Å². The molecule has 3 nitrogen and oxygen atoms in total. The third kappa shape index (κ3) is 6.11. The van der Waals surface area contributed by atoms with Crippen LogP contribution in [0.1, 0.15) is 18.9 Å². The Kier molecular flexibility index (Phi) is 6.94. The summed E-state index contributed by atoms with van der Waals surface area (Å²) in [5.74, 6) is 0.192. The molecule has 1 aromatic rings. The first kappa shape index (κ1) is 16.0. The van der Waals surface area contributed by atoms with Gasteiger partial charge in [-0.3, -0.25) is 4.21 Å². The highest BCUT2D eigenvalue weighted by Gasteiger charge is 2.09. The average molecular weight is 291 g/mol. The van der Waals surface area contributed by atoms with Crippen molar-refractivity contribution in [3.8, 4) is 5.75 Å². The van der Waals surface area contributed by atoms with Crippen LogP contribution in [0.3, 0.4) is 0 Å². The van der Waals surface area contributed by atoms with Gasteiger partial charge in [0.1, 0.15) is 5.75 Å². The molecule has 0 aliphatic heterocycles. The molecule has 0 fully saturated rings. The standard InChI is InChI=1S/C13H19F2NO2S/c1-10(19(2)17)7-8-16-9-11-5-3-4-6-12(11)18-13(14)15/h3-6,10,13,16H,7-9H2,1-2H3. The number of hydrogen-bond acceptors (Lipinski definition) is 3. The second kappa shape index (κ2) is 8.22. The average Bonchev–Trinajstić information content (AvgIpc) is 2.35. The molecular formula is C13H19F2NO2S. The van der Waals surface area contributed by atoms with E-state index in [9.17, 15) is 13.0 Å². The minimum Gasteiger partial charge on any atom is -0.434 e. The van der Waals surface area contributed by atoms with Crippen molar-refractivity contribution >= 4 is 10.8 Å². The minimum absolute atomic E-state index is 0.125. The summed E-state index contributed by atoms with van der Waals surface area (Å²) in [7, 11) is -0.834. The number of nitrogens with one attached hydrogen (secondary N) is 1. The van der Waals surface area contributed by atoms with Gasteiger partial charge in [0, 0.05) is 34.4 Å².